The van der Waals surface area contributed by atoms with Gasteiger partial charge in [0.15, 0.2) is 0 Å². The van der Waals surface area contributed by atoms with Gasteiger partial charge in [0.2, 0.25) is 0 Å². The van der Waals surface area contributed by atoms with Crippen LogP contribution < -0.4 is 0 Å². The first kappa shape index (κ1) is 11.6. The van der Waals surface area contributed by atoms with Crippen molar-refractivity contribution in [3.63, 3.8) is 0 Å². The maximum Gasteiger partial charge on any atom is 0.0273 e. The SMILES string of the molecule is Brc1cccc(CN2CCCC(Br)C2)c1. The predicted molar refractivity (Wildman–Crippen MR) is 71.4 cm³/mol. The molecule has 1 saturated heterocycles. The third-order valence-corrected chi connectivity index (χ3v) is 3.98. The van der Waals surface area contributed by atoms with Crippen molar-refractivity contribution in [2.45, 2.75) is 24.2 Å². The average Bonchev–Trinajstić information content (AvgIpc) is 2.17. The summed E-state index contributed by atoms with van der Waals surface area (Å²) >= 11 is 7.22. The lowest BCUT2D eigenvalue weighted by Gasteiger charge is -2.29. The van der Waals surface area contributed by atoms with Crippen LogP contribution in [0.25, 0.3) is 0 Å². The van der Waals surface area contributed by atoms with E-state index in [0.29, 0.717) is 4.83 Å². The first-order chi connectivity index (χ1) is 7.24. The normalized spacial score (nSPS) is 22.9. The van der Waals surface area contributed by atoms with Crippen molar-refractivity contribution in [3.8, 4) is 0 Å². The summed E-state index contributed by atoms with van der Waals surface area (Å²) in [5, 5.41) is 0. The number of halogens is 2. The van der Waals surface area contributed by atoms with Gasteiger partial charge in [-0.1, -0.05) is 44.0 Å². The zero-order valence-electron chi connectivity index (χ0n) is 8.63. The van der Waals surface area contributed by atoms with Gasteiger partial charge in [0, 0.05) is 22.4 Å². The second-order valence-electron chi connectivity index (χ2n) is 4.10. The van der Waals surface area contributed by atoms with Gasteiger partial charge in [0.05, 0.1) is 0 Å². The summed E-state index contributed by atoms with van der Waals surface area (Å²) in [4.78, 5) is 3.20. The molecule has 2 rings (SSSR count). The Morgan fingerprint density at radius 2 is 2.27 bits per heavy atom. The van der Waals surface area contributed by atoms with Gasteiger partial charge in [-0.3, -0.25) is 4.90 Å². The largest absolute Gasteiger partial charge is 0.298 e. The smallest absolute Gasteiger partial charge is 0.0273 e. The van der Waals surface area contributed by atoms with Crippen LogP contribution in [-0.2, 0) is 6.54 Å². The highest BCUT2D eigenvalue weighted by Crippen LogP contribution is 2.20. The number of hydrogen-bond donors (Lipinski definition) is 0. The molecular weight excluding hydrogens is 318 g/mol. The third kappa shape index (κ3) is 3.58. The monoisotopic (exact) mass is 331 g/mol. The Balaban J connectivity index is 1.96. The molecule has 0 radical (unpaired) electrons. The number of benzene rings is 1. The van der Waals surface area contributed by atoms with E-state index in [-0.39, 0.29) is 0 Å². The predicted octanol–water partition coefficient (Wildman–Crippen LogP) is 3.81. The summed E-state index contributed by atoms with van der Waals surface area (Å²) in [5.41, 5.74) is 1.39. The van der Waals surface area contributed by atoms with Crippen LogP contribution in [0.1, 0.15) is 18.4 Å². The summed E-state index contributed by atoms with van der Waals surface area (Å²) in [7, 11) is 0. The molecule has 1 fully saturated rings. The number of piperidine rings is 1. The average molecular weight is 333 g/mol. The standard InChI is InChI=1S/C12H15Br2N/c13-11-4-1-3-10(7-11)8-15-6-2-5-12(14)9-15/h1,3-4,7,12H,2,5-6,8-9H2. The molecule has 1 nitrogen and oxygen atoms in total. The molecule has 1 aliphatic rings. The summed E-state index contributed by atoms with van der Waals surface area (Å²) in [5.74, 6) is 0. The van der Waals surface area contributed by atoms with Crippen LogP contribution in [0.4, 0.5) is 0 Å². The molecular formula is C12H15Br2N. The maximum atomic E-state index is 3.71. The molecule has 1 aromatic carbocycles. The Hall–Kier alpha value is 0.140. The Morgan fingerprint density at radius 3 is 3.00 bits per heavy atom. The maximum absolute atomic E-state index is 3.71. The molecule has 1 aromatic rings. The van der Waals surface area contributed by atoms with E-state index in [1.807, 2.05) is 0 Å². The van der Waals surface area contributed by atoms with Gasteiger partial charge < -0.3 is 0 Å². The molecule has 82 valence electrons. The summed E-state index contributed by atoms with van der Waals surface area (Å²) in [6.45, 7) is 3.47. The van der Waals surface area contributed by atoms with Crippen LogP contribution in [0.15, 0.2) is 28.7 Å². The molecule has 0 amide bonds. The Kier molecular flexibility index (Phi) is 4.23. The molecule has 15 heavy (non-hydrogen) atoms. The summed E-state index contributed by atoms with van der Waals surface area (Å²) < 4.78 is 1.17. The minimum Gasteiger partial charge on any atom is -0.298 e. The van der Waals surface area contributed by atoms with E-state index in [4.69, 9.17) is 0 Å². The fourth-order valence-electron chi connectivity index (χ4n) is 2.04. The van der Waals surface area contributed by atoms with Crippen molar-refractivity contribution >= 4 is 31.9 Å². The van der Waals surface area contributed by atoms with E-state index in [0.717, 1.165) is 6.54 Å². The van der Waals surface area contributed by atoms with E-state index in [1.54, 1.807) is 0 Å². The molecule has 0 aliphatic carbocycles. The van der Waals surface area contributed by atoms with Crippen molar-refractivity contribution < 1.29 is 0 Å². The van der Waals surface area contributed by atoms with Gasteiger partial charge in [0.25, 0.3) is 0 Å². The van der Waals surface area contributed by atoms with Crippen molar-refractivity contribution in [2.75, 3.05) is 13.1 Å². The van der Waals surface area contributed by atoms with Gasteiger partial charge >= 0.3 is 0 Å². The van der Waals surface area contributed by atoms with Crippen molar-refractivity contribution in [3.05, 3.63) is 34.3 Å². The molecule has 0 aromatic heterocycles. The van der Waals surface area contributed by atoms with E-state index < -0.39 is 0 Å². The molecule has 1 heterocycles. The topological polar surface area (TPSA) is 3.24 Å². The zero-order chi connectivity index (χ0) is 10.7. The number of rotatable bonds is 2. The first-order valence-electron chi connectivity index (χ1n) is 5.35. The lowest BCUT2D eigenvalue weighted by atomic mass is 10.1. The molecule has 0 spiro atoms. The van der Waals surface area contributed by atoms with Crippen LogP contribution in [0.3, 0.4) is 0 Å². The van der Waals surface area contributed by atoms with Crippen LogP contribution >= 0.6 is 31.9 Å². The Bertz CT molecular complexity index is 327. The summed E-state index contributed by atoms with van der Waals surface area (Å²) in [6.07, 6.45) is 2.62. The highest BCUT2D eigenvalue weighted by molar-refractivity contribution is 9.10. The fraction of sp³-hybridized carbons (Fsp3) is 0.500. The number of likely N-dealkylation sites (tertiary alicyclic amines) is 1. The zero-order valence-corrected chi connectivity index (χ0v) is 11.8. The van der Waals surface area contributed by atoms with Crippen LogP contribution in [-0.4, -0.2) is 22.8 Å². The quantitative estimate of drug-likeness (QED) is 0.744. The minimum absolute atomic E-state index is 0.679. The molecule has 0 saturated carbocycles. The second kappa shape index (κ2) is 5.46. The number of hydrogen-bond acceptors (Lipinski definition) is 1. The van der Waals surface area contributed by atoms with Gasteiger partial charge in [-0.05, 0) is 37.1 Å². The van der Waals surface area contributed by atoms with Crippen LogP contribution in [0.5, 0.6) is 0 Å². The third-order valence-electron chi connectivity index (χ3n) is 2.74. The molecule has 1 atom stereocenters. The van der Waals surface area contributed by atoms with Gasteiger partial charge in [0.1, 0.15) is 0 Å². The molecule has 3 heteroatoms. The second-order valence-corrected chi connectivity index (χ2v) is 6.32. The molecule has 0 bridgehead atoms. The minimum atomic E-state index is 0.679. The van der Waals surface area contributed by atoms with Gasteiger partial charge in [-0.25, -0.2) is 0 Å². The first-order valence-corrected chi connectivity index (χ1v) is 7.06. The lowest BCUT2D eigenvalue weighted by molar-refractivity contribution is 0.228. The van der Waals surface area contributed by atoms with Gasteiger partial charge in [-0.2, -0.15) is 0 Å². The van der Waals surface area contributed by atoms with Crippen LogP contribution in [0.2, 0.25) is 0 Å². The van der Waals surface area contributed by atoms with E-state index in [2.05, 4.69) is 61.0 Å². The van der Waals surface area contributed by atoms with E-state index in [9.17, 15) is 0 Å². The lowest BCUT2D eigenvalue weighted by Crippen LogP contribution is -2.35. The number of nitrogens with zero attached hydrogens (tertiary/aromatic N) is 1. The Labute approximate surface area is 108 Å². The number of alkyl halides is 1. The van der Waals surface area contributed by atoms with Gasteiger partial charge in [-0.15, -0.1) is 0 Å². The molecule has 1 aliphatic heterocycles. The van der Waals surface area contributed by atoms with Crippen molar-refractivity contribution in [1.29, 1.82) is 0 Å². The van der Waals surface area contributed by atoms with Crippen molar-refractivity contribution in [2.24, 2.45) is 0 Å². The fourth-order valence-corrected chi connectivity index (χ4v) is 3.22. The molecule has 0 N–H and O–H groups in total. The van der Waals surface area contributed by atoms with Crippen molar-refractivity contribution in [1.82, 2.24) is 4.90 Å². The van der Waals surface area contributed by atoms with E-state index in [1.165, 1.54) is 36.0 Å². The molecule has 1 unspecified atom stereocenters. The van der Waals surface area contributed by atoms with Crippen LogP contribution in [0, 0.1) is 0 Å². The summed E-state index contributed by atoms with van der Waals surface area (Å²) in [6, 6.07) is 8.59. The highest BCUT2D eigenvalue weighted by atomic mass is 79.9. The van der Waals surface area contributed by atoms with E-state index >= 15 is 0 Å². The Morgan fingerprint density at radius 1 is 1.40 bits per heavy atom. The highest BCUT2D eigenvalue weighted by Gasteiger charge is 2.17.